The van der Waals surface area contributed by atoms with Gasteiger partial charge >= 0.3 is 5.97 Å². The number of carbonyl (C=O) groups excluding carboxylic acids is 1. The van der Waals surface area contributed by atoms with Crippen LogP contribution in [0.2, 0.25) is 0 Å². The van der Waals surface area contributed by atoms with E-state index >= 15 is 0 Å². The summed E-state index contributed by atoms with van der Waals surface area (Å²) >= 11 is 0. The number of likely N-dealkylation sites (tertiary alicyclic amines) is 1. The molecule has 2 aromatic heterocycles. The fraction of sp³-hybridized carbons (Fsp3) is 0.400. The van der Waals surface area contributed by atoms with Crippen molar-refractivity contribution in [3.63, 3.8) is 0 Å². The Labute approximate surface area is 122 Å². The summed E-state index contributed by atoms with van der Waals surface area (Å²) in [6, 6.07) is 4.87. The van der Waals surface area contributed by atoms with Crippen LogP contribution < -0.4 is 0 Å². The van der Waals surface area contributed by atoms with Gasteiger partial charge in [0.1, 0.15) is 17.4 Å². The first-order valence-electron chi connectivity index (χ1n) is 6.97. The summed E-state index contributed by atoms with van der Waals surface area (Å²) in [5, 5.41) is 9.31. The predicted molar refractivity (Wildman–Crippen MR) is 76.2 cm³/mol. The number of pyridine rings is 1. The zero-order valence-electron chi connectivity index (χ0n) is 12.0. The maximum atomic E-state index is 12.6. The first-order chi connectivity index (χ1) is 9.99. The average molecular weight is 287 g/mol. The molecule has 1 aliphatic heterocycles. The minimum Gasteiger partial charge on any atom is -0.480 e. The lowest BCUT2D eigenvalue weighted by atomic mass is 10.0. The summed E-state index contributed by atoms with van der Waals surface area (Å²) in [5.74, 6) is -1.30. The summed E-state index contributed by atoms with van der Waals surface area (Å²) in [4.78, 5) is 29.7. The highest BCUT2D eigenvalue weighted by Crippen LogP contribution is 2.26. The number of rotatable bonds is 2. The highest BCUT2D eigenvalue weighted by Gasteiger charge is 2.40. The molecule has 1 aliphatic rings. The average Bonchev–Trinajstić information content (AvgIpc) is 3.02. The Kier molecular flexibility index (Phi) is 3.16. The van der Waals surface area contributed by atoms with Crippen LogP contribution in [0, 0.1) is 12.8 Å². The van der Waals surface area contributed by atoms with E-state index < -0.39 is 12.0 Å². The molecular weight excluding hydrogens is 270 g/mol. The Hall–Kier alpha value is -2.37. The standard InChI is InChI=1S/C15H17N3O3/c1-9-6-7-17(13(9)15(20)21)14(19)11-8-18-10(2)4-3-5-12(18)16-11/h3-5,8-9,13H,6-7H2,1-2H3,(H,20,21). The van der Waals surface area contributed by atoms with Gasteiger partial charge in [0.05, 0.1) is 0 Å². The van der Waals surface area contributed by atoms with E-state index in [4.69, 9.17) is 0 Å². The number of fused-ring (bicyclic) bond motifs is 1. The number of carbonyl (C=O) groups is 2. The molecule has 0 aromatic carbocycles. The molecular formula is C15H17N3O3. The zero-order valence-corrected chi connectivity index (χ0v) is 12.0. The van der Waals surface area contributed by atoms with Crippen molar-refractivity contribution in [2.24, 2.45) is 5.92 Å². The molecule has 0 saturated carbocycles. The van der Waals surface area contributed by atoms with Crippen molar-refractivity contribution in [1.82, 2.24) is 14.3 Å². The van der Waals surface area contributed by atoms with E-state index in [0.29, 0.717) is 24.3 Å². The number of aryl methyl sites for hydroxylation is 1. The summed E-state index contributed by atoms with van der Waals surface area (Å²) < 4.78 is 1.84. The monoisotopic (exact) mass is 287 g/mol. The summed E-state index contributed by atoms with van der Waals surface area (Å²) in [6.07, 6.45) is 2.38. The molecule has 110 valence electrons. The van der Waals surface area contributed by atoms with Gasteiger partial charge in [0.25, 0.3) is 5.91 Å². The van der Waals surface area contributed by atoms with Crippen LogP contribution >= 0.6 is 0 Å². The summed E-state index contributed by atoms with van der Waals surface area (Å²) in [7, 11) is 0. The number of imidazole rings is 1. The van der Waals surface area contributed by atoms with Gasteiger partial charge in [-0.1, -0.05) is 13.0 Å². The number of hydrogen-bond acceptors (Lipinski definition) is 3. The molecule has 3 heterocycles. The van der Waals surface area contributed by atoms with Gasteiger partial charge in [0.2, 0.25) is 0 Å². The minimum absolute atomic E-state index is 0.0368. The topological polar surface area (TPSA) is 74.9 Å². The number of carboxylic acids is 1. The van der Waals surface area contributed by atoms with Crippen LogP contribution in [0.3, 0.4) is 0 Å². The van der Waals surface area contributed by atoms with Gasteiger partial charge in [0.15, 0.2) is 0 Å². The molecule has 0 aliphatic carbocycles. The van der Waals surface area contributed by atoms with Crippen molar-refractivity contribution in [2.45, 2.75) is 26.3 Å². The lowest BCUT2D eigenvalue weighted by Gasteiger charge is -2.22. The fourth-order valence-electron chi connectivity index (χ4n) is 2.95. The highest BCUT2D eigenvalue weighted by atomic mass is 16.4. The van der Waals surface area contributed by atoms with Crippen LogP contribution in [0.15, 0.2) is 24.4 Å². The molecule has 0 bridgehead atoms. The Morgan fingerprint density at radius 1 is 1.38 bits per heavy atom. The molecule has 3 rings (SSSR count). The number of amides is 1. The maximum Gasteiger partial charge on any atom is 0.326 e. The third-order valence-electron chi connectivity index (χ3n) is 4.13. The predicted octanol–water partition coefficient (Wildman–Crippen LogP) is 1.58. The summed E-state index contributed by atoms with van der Waals surface area (Å²) in [5.41, 5.74) is 1.96. The van der Waals surface area contributed by atoms with Gasteiger partial charge < -0.3 is 14.4 Å². The smallest absolute Gasteiger partial charge is 0.326 e. The second-order valence-corrected chi connectivity index (χ2v) is 5.57. The van der Waals surface area contributed by atoms with Crippen molar-refractivity contribution < 1.29 is 14.7 Å². The molecule has 1 saturated heterocycles. The number of nitrogens with zero attached hydrogens (tertiary/aromatic N) is 3. The molecule has 21 heavy (non-hydrogen) atoms. The molecule has 0 radical (unpaired) electrons. The van der Waals surface area contributed by atoms with Crippen molar-refractivity contribution in [3.05, 3.63) is 35.8 Å². The van der Waals surface area contributed by atoms with E-state index in [-0.39, 0.29) is 11.8 Å². The van der Waals surface area contributed by atoms with Crippen LogP contribution in [-0.2, 0) is 4.79 Å². The molecule has 6 heteroatoms. The largest absolute Gasteiger partial charge is 0.480 e. The van der Waals surface area contributed by atoms with Gasteiger partial charge in [0, 0.05) is 18.4 Å². The third kappa shape index (κ3) is 2.16. The number of carboxylic acid groups (broad SMARTS) is 1. The quantitative estimate of drug-likeness (QED) is 0.910. The molecule has 2 atom stereocenters. The lowest BCUT2D eigenvalue weighted by Crippen LogP contribution is -2.42. The lowest BCUT2D eigenvalue weighted by molar-refractivity contribution is -0.142. The van der Waals surface area contributed by atoms with E-state index in [1.807, 2.05) is 36.4 Å². The maximum absolute atomic E-state index is 12.6. The van der Waals surface area contributed by atoms with Crippen LogP contribution in [0.4, 0.5) is 0 Å². The normalized spacial score (nSPS) is 21.9. The van der Waals surface area contributed by atoms with Crippen molar-refractivity contribution in [2.75, 3.05) is 6.54 Å². The first-order valence-corrected chi connectivity index (χ1v) is 6.97. The molecule has 2 unspecified atom stereocenters. The molecule has 2 aromatic rings. The van der Waals surface area contributed by atoms with Crippen molar-refractivity contribution in [1.29, 1.82) is 0 Å². The molecule has 0 spiro atoms. The van der Waals surface area contributed by atoms with Crippen LogP contribution in [-0.4, -0.2) is 43.9 Å². The van der Waals surface area contributed by atoms with E-state index in [9.17, 15) is 14.7 Å². The van der Waals surface area contributed by atoms with E-state index in [0.717, 1.165) is 5.69 Å². The van der Waals surface area contributed by atoms with Crippen molar-refractivity contribution in [3.8, 4) is 0 Å². The van der Waals surface area contributed by atoms with Crippen LogP contribution in [0.1, 0.15) is 29.5 Å². The Morgan fingerprint density at radius 3 is 2.81 bits per heavy atom. The number of aliphatic carboxylic acids is 1. The molecule has 1 fully saturated rings. The fourth-order valence-corrected chi connectivity index (χ4v) is 2.95. The van der Waals surface area contributed by atoms with Gasteiger partial charge in [-0.15, -0.1) is 0 Å². The number of hydrogen-bond donors (Lipinski definition) is 1. The highest BCUT2D eigenvalue weighted by molar-refractivity contribution is 5.96. The van der Waals surface area contributed by atoms with Gasteiger partial charge in [-0.25, -0.2) is 9.78 Å². The molecule has 1 amide bonds. The van der Waals surface area contributed by atoms with E-state index in [2.05, 4.69) is 4.98 Å². The number of aromatic nitrogens is 2. The first kappa shape index (κ1) is 13.6. The van der Waals surface area contributed by atoms with Gasteiger partial charge in [-0.3, -0.25) is 4.79 Å². The Balaban J connectivity index is 1.97. The van der Waals surface area contributed by atoms with Crippen LogP contribution in [0.5, 0.6) is 0 Å². The van der Waals surface area contributed by atoms with Crippen molar-refractivity contribution >= 4 is 17.5 Å². The zero-order chi connectivity index (χ0) is 15.1. The van der Waals surface area contributed by atoms with Crippen LogP contribution in [0.25, 0.3) is 5.65 Å². The van der Waals surface area contributed by atoms with E-state index in [1.165, 1.54) is 4.90 Å². The molecule has 6 nitrogen and oxygen atoms in total. The Bertz CT molecular complexity index is 722. The second-order valence-electron chi connectivity index (χ2n) is 5.57. The third-order valence-corrected chi connectivity index (χ3v) is 4.13. The minimum atomic E-state index is -0.951. The Morgan fingerprint density at radius 2 is 2.14 bits per heavy atom. The van der Waals surface area contributed by atoms with E-state index in [1.54, 1.807) is 6.20 Å². The molecule has 1 N–H and O–H groups in total. The second kappa shape index (κ2) is 4.87. The van der Waals surface area contributed by atoms with Gasteiger partial charge in [-0.2, -0.15) is 0 Å². The SMILES string of the molecule is Cc1cccc2nc(C(=O)N3CCC(C)C3C(=O)O)cn12. The van der Waals surface area contributed by atoms with Gasteiger partial charge in [-0.05, 0) is 31.4 Å². The summed E-state index contributed by atoms with van der Waals surface area (Å²) in [6.45, 7) is 4.25.